The second kappa shape index (κ2) is 3.57. The minimum absolute atomic E-state index is 0.0726. The fraction of sp³-hybridized carbons (Fsp3) is 0.417. The van der Waals surface area contributed by atoms with Gasteiger partial charge in [0.2, 0.25) is 0 Å². The van der Waals surface area contributed by atoms with E-state index in [9.17, 15) is 4.79 Å². The van der Waals surface area contributed by atoms with Gasteiger partial charge in [0.05, 0.1) is 12.6 Å². The molecule has 3 aliphatic heterocycles. The summed E-state index contributed by atoms with van der Waals surface area (Å²) in [7, 11) is 0. The van der Waals surface area contributed by atoms with Gasteiger partial charge in [0, 0.05) is 18.7 Å². The van der Waals surface area contributed by atoms with E-state index >= 15 is 0 Å². The molecule has 0 radical (unpaired) electrons. The number of carbonyl (C=O) groups excluding carboxylic acids is 1. The Morgan fingerprint density at radius 3 is 2.88 bits per heavy atom. The van der Waals surface area contributed by atoms with Crippen molar-refractivity contribution in [3.05, 3.63) is 29.8 Å². The van der Waals surface area contributed by atoms with Crippen LogP contribution in [0.1, 0.15) is 12.0 Å². The van der Waals surface area contributed by atoms with Gasteiger partial charge in [-0.3, -0.25) is 4.79 Å². The second-order valence-electron chi connectivity index (χ2n) is 4.26. The van der Waals surface area contributed by atoms with Crippen LogP contribution in [0, 0.1) is 0 Å². The molecule has 4 nitrogen and oxygen atoms in total. The van der Waals surface area contributed by atoms with Crippen molar-refractivity contribution < 1.29 is 9.53 Å². The number of para-hydroxylation sites is 1. The zero-order valence-corrected chi connectivity index (χ0v) is 8.93. The van der Waals surface area contributed by atoms with Crippen molar-refractivity contribution in [2.45, 2.75) is 25.2 Å². The van der Waals surface area contributed by atoms with Gasteiger partial charge in [-0.25, -0.2) is 0 Å². The Bertz CT molecular complexity index is 427. The molecule has 0 spiro atoms. The van der Waals surface area contributed by atoms with E-state index in [-0.39, 0.29) is 18.1 Å². The number of ether oxygens (including phenoxy) is 1. The number of anilines is 1. The first kappa shape index (κ1) is 9.81. The maximum Gasteiger partial charge on any atom is 0.256 e. The number of amides is 1. The number of nitrogens with two attached hydrogens (primary N) is 1. The molecule has 0 aromatic heterocycles. The van der Waals surface area contributed by atoms with Gasteiger partial charge in [0.25, 0.3) is 5.91 Å². The molecule has 3 saturated heterocycles. The quantitative estimate of drug-likeness (QED) is 0.793. The lowest BCUT2D eigenvalue weighted by Crippen LogP contribution is -2.61. The highest BCUT2D eigenvalue weighted by Gasteiger charge is 2.45. The monoisotopic (exact) mass is 218 g/mol. The topological polar surface area (TPSA) is 55.6 Å². The Labute approximate surface area is 94.0 Å². The summed E-state index contributed by atoms with van der Waals surface area (Å²) in [6.07, 6.45) is 0.873. The largest absolute Gasteiger partial charge is 0.363 e. The molecule has 2 bridgehead atoms. The highest BCUT2D eigenvalue weighted by atomic mass is 16.5. The molecule has 4 heteroatoms. The predicted molar refractivity (Wildman–Crippen MR) is 60.0 cm³/mol. The van der Waals surface area contributed by atoms with Gasteiger partial charge in [-0.15, -0.1) is 0 Å². The highest BCUT2D eigenvalue weighted by molar-refractivity contribution is 5.99. The maximum absolute atomic E-state index is 12.0. The predicted octanol–water partition coefficient (Wildman–Crippen LogP) is 0.649. The minimum Gasteiger partial charge on any atom is -0.363 e. The van der Waals surface area contributed by atoms with Crippen LogP contribution in [0.4, 0.5) is 5.69 Å². The standard InChI is InChI=1S/C12H14N2O2/c13-6-8-3-1-2-4-10(8)14-7-9-5-11(16-9)12(14)15/h1-4,9,11H,5-7,13H2. The molecule has 4 rings (SSSR count). The van der Waals surface area contributed by atoms with Gasteiger partial charge in [-0.1, -0.05) is 18.2 Å². The van der Waals surface area contributed by atoms with Crippen molar-refractivity contribution in [1.82, 2.24) is 0 Å². The molecule has 3 heterocycles. The van der Waals surface area contributed by atoms with Crippen LogP contribution in [0.3, 0.4) is 0 Å². The summed E-state index contributed by atoms with van der Waals surface area (Å²) in [6.45, 7) is 1.11. The smallest absolute Gasteiger partial charge is 0.256 e. The fourth-order valence-corrected chi connectivity index (χ4v) is 2.37. The summed E-state index contributed by atoms with van der Waals surface area (Å²) in [5.41, 5.74) is 7.63. The molecule has 16 heavy (non-hydrogen) atoms. The Kier molecular flexibility index (Phi) is 2.19. The molecule has 1 amide bonds. The number of carbonyl (C=O) groups is 1. The van der Waals surface area contributed by atoms with Crippen LogP contribution in [-0.2, 0) is 16.1 Å². The molecule has 2 unspecified atom stereocenters. The summed E-state index contributed by atoms with van der Waals surface area (Å²) < 4.78 is 5.39. The average Bonchev–Trinajstić information content (AvgIpc) is 2.28. The number of benzene rings is 1. The maximum atomic E-state index is 12.0. The summed E-state index contributed by atoms with van der Waals surface area (Å²) >= 11 is 0. The van der Waals surface area contributed by atoms with Crippen molar-refractivity contribution in [3.63, 3.8) is 0 Å². The molecule has 3 aliphatic rings. The number of fused-ring (bicyclic) bond motifs is 2. The molecular weight excluding hydrogens is 204 g/mol. The Hall–Kier alpha value is -1.39. The third-order valence-electron chi connectivity index (χ3n) is 3.26. The Morgan fingerprint density at radius 2 is 2.19 bits per heavy atom. The summed E-state index contributed by atoms with van der Waals surface area (Å²) in [5, 5.41) is 0. The molecule has 3 fully saturated rings. The van der Waals surface area contributed by atoms with E-state index in [1.807, 2.05) is 29.2 Å². The zero-order chi connectivity index (χ0) is 11.1. The number of rotatable bonds is 2. The highest BCUT2D eigenvalue weighted by Crippen LogP contribution is 2.33. The van der Waals surface area contributed by atoms with Crippen molar-refractivity contribution >= 4 is 11.6 Å². The van der Waals surface area contributed by atoms with Crippen LogP contribution < -0.4 is 10.6 Å². The summed E-state index contributed by atoms with van der Waals surface area (Å²) in [4.78, 5) is 13.8. The van der Waals surface area contributed by atoms with Gasteiger partial charge in [-0.2, -0.15) is 0 Å². The third kappa shape index (κ3) is 1.34. The normalized spacial score (nSPS) is 27.8. The van der Waals surface area contributed by atoms with Gasteiger partial charge >= 0.3 is 0 Å². The molecule has 0 aliphatic carbocycles. The van der Waals surface area contributed by atoms with Crippen LogP contribution in [0.5, 0.6) is 0 Å². The van der Waals surface area contributed by atoms with Crippen LogP contribution in [-0.4, -0.2) is 24.7 Å². The van der Waals surface area contributed by atoms with E-state index in [0.29, 0.717) is 13.1 Å². The first-order valence-electron chi connectivity index (χ1n) is 5.54. The number of morpholine rings is 1. The Balaban J connectivity index is 1.94. The number of nitrogens with zero attached hydrogens (tertiary/aromatic N) is 1. The van der Waals surface area contributed by atoms with E-state index in [4.69, 9.17) is 10.5 Å². The molecule has 0 saturated carbocycles. The molecule has 84 valence electrons. The van der Waals surface area contributed by atoms with E-state index in [0.717, 1.165) is 17.7 Å². The van der Waals surface area contributed by atoms with Crippen molar-refractivity contribution in [2.75, 3.05) is 11.4 Å². The molecule has 1 aromatic carbocycles. The summed E-state index contributed by atoms with van der Waals surface area (Å²) in [6, 6.07) is 7.79. The SMILES string of the molecule is NCc1ccccc1N1CC2CC(O2)C1=O. The van der Waals surface area contributed by atoms with E-state index < -0.39 is 0 Å². The first-order valence-corrected chi connectivity index (χ1v) is 5.54. The molecule has 2 N–H and O–H groups in total. The fourth-order valence-electron chi connectivity index (χ4n) is 2.37. The van der Waals surface area contributed by atoms with E-state index in [2.05, 4.69) is 0 Å². The van der Waals surface area contributed by atoms with Gasteiger partial charge < -0.3 is 15.4 Å². The van der Waals surface area contributed by atoms with E-state index in [1.54, 1.807) is 0 Å². The van der Waals surface area contributed by atoms with Crippen LogP contribution in [0.25, 0.3) is 0 Å². The van der Waals surface area contributed by atoms with Crippen LogP contribution in [0.2, 0.25) is 0 Å². The van der Waals surface area contributed by atoms with Gasteiger partial charge in [-0.05, 0) is 11.6 Å². The van der Waals surface area contributed by atoms with Crippen molar-refractivity contribution in [1.29, 1.82) is 0 Å². The van der Waals surface area contributed by atoms with Crippen molar-refractivity contribution in [2.24, 2.45) is 5.73 Å². The Morgan fingerprint density at radius 1 is 1.44 bits per heavy atom. The molecule has 2 atom stereocenters. The van der Waals surface area contributed by atoms with Gasteiger partial charge in [0.15, 0.2) is 0 Å². The third-order valence-corrected chi connectivity index (χ3v) is 3.26. The van der Waals surface area contributed by atoms with Crippen molar-refractivity contribution in [3.8, 4) is 0 Å². The average molecular weight is 218 g/mol. The first-order chi connectivity index (χ1) is 7.79. The lowest BCUT2D eigenvalue weighted by atomic mass is 9.96. The number of hydrogen-bond acceptors (Lipinski definition) is 3. The lowest BCUT2D eigenvalue weighted by molar-refractivity contribution is -0.169. The summed E-state index contributed by atoms with van der Waals surface area (Å²) in [5.74, 6) is 0.0726. The minimum atomic E-state index is -0.218. The van der Waals surface area contributed by atoms with Crippen LogP contribution >= 0.6 is 0 Å². The van der Waals surface area contributed by atoms with Gasteiger partial charge in [0.1, 0.15) is 6.10 Å². The number of piperidine rings is 1. The molecular formula is C12H14N2O2. The second-order valence-corrected chi connectivity index (χ2v) is 4.26. The number of hydrogen-bond donors (Lipinski definition) is 1. The lowest BCUT2D eigenvalue weighted by Gasteiger charge is -2.46. The van der Waals surface area contributed by atoms with Crippen LogP contribution in [0.15, 0.2) is 24.3 Å². The zero-order valence-electron chi connectivity index (χ0n) is 8.93. The molecule has 1 aromatic rings. The van der Waals surface area contributed by atoms with E-state index in [1.165, 1.54) is 0 Å².